The Hall–Kier alpha value is -0.510. The maximum atomic E-state index is 12.8. The van der Waals surface area contributed by atoms with E-state index in [9.17, 15) is 8.78 Å². The van der Waals surface area contributed by atoms with Gasteiger partial charge in [-0.25, -0.2) is 13.8 Å². The number of hydrogen-bond donors (Lipinski definition) is 0. The molecule has 1 fully saturated rings. The van der Waals surface area contributed by atoms with Gasteiger partial charge in [0.05, 0.1) is 0 Å². The largest absolute Gasteiger partial charge is 0.249 e. The highest BCUT2D eigenvalue weighted by Crippen LogP contribution is 2.52. The van der Waals surface area contributed by atoms with Crippen molar-refractivity contribution < 1.29 is 8.78 Å². The molecule has 1 heterocycles. The van der Waals surface area contributed by atoms with E-state index >= 15 is 0 Å². The van der Waals surface area contributed by atoms with E-state index in [1.165, 1.54) is 0 Å². The van der Waals surface area contributed by atoms with E-state index in [-0.39, 0.29) is 12.8 Å². The summed E-state index contributed by atoms with van der Waals surface area (Å²) in [5, 5.41) is 0. The molecule has 2 rings (SSSR count). The van der Waals surface area contributed by atoms with Crippen molar-refractivity contribution in [2.45, 2.75) is 31.1 Å². The summed E-state index contributed by atoms with van der Waals surface area (Å²) in [6.07, 6.45) is 1.53. The molecule has 76 valence electrons. The normalized spacial score (nSPS) is 22.9. The van der Waals surface area contributed by atoms with Crippen molar-refractivity contribution in [3.8, 4) is 0 Å². The third kappa shape index (κ3) is 1.67. The summed E-state index contributed by atoms with van der Waals surface area (Å²) in [6.45, 7) is 1.86. The molecule has 0 amide bonds. The Balaban J connectivity index is 2.21. The van der Waals surface area contributed by atoms with Gasteiger partial charge in [0.25, 0.3) is 0 Å². The summed E-state index contributed by atoms with van der Waals surface area (Å²) in [6, 6.07) is 3.64. The summed E-state index contributed by atoms with van der Waals surface area (Å²) >= 11 is 3.22. The monoisotopic (exact) mass is 261 g/mol. The predicted molar refractivity (Wildman–Crippen MR) is 53.5 cm³/mol. The molecule has 0 N–H and O–H groups in total. The van der Waals surface area contributed by atoms with Gasteiger partial charge in [0, 0.05) is 24.5 Å². The first kappa shape index (κ1) is 10.0. The molecule has 1 aromatic rings. The molecule has 4 heteroatoms. The Morgan fingerprint density at radius 2 is 2.00 bits per heavy atom. The van der Waals surface area contributed by atoms with Gasteiger partial charge in [-0.2, -0.15) is 0 Å². The van der Waals surface area contributed by atoms with E-state index in [0.29, 0.717) is 0 Å². The van der Waals surface area contributed by atoms with Gasteiger partial charge in [-0.15, -0.1) is 0 Å². The van der Waals surface area contributed by atoms with Crippen LogP contribution in [0.25, 0.3) is 0 Å². The van der Waals surface area contributed by atoms with Crippen molar-refractivity contribution in [1.82, 2.24) is 4.98 Å². The second-order valence-corrected chi connectivity index (χ2v) is 4.95. The molecule has 0 bridgehead atoms. The second kappa shape index (κ2) is 2.99. The van der Waals surface area contributed by atoms with Gasteiger partial charge in [0.2, 0.25) is 5.92 Å². The van der Waals surface area contributed by atoms with Crippen LogP contribution >= 0.6 is 15.9 Å². The molecule has 1 nitrogen and oxygen atoms in total. The molecule has 1 aliphatic carbocycles. The van der Waals surface area contributed by atoms with E-state index in [2.05, 4.69) is 20.9 Å². The fourth-order valence-corrected chi connectivity index (χ4v) is 2.26. The minimum atomic E-state index is -2.48. The number of halogens is 3. The van der Waals surface area contributed by atoms with Crippen molar-refractivity contribution in [1.29, 1.82) is 0 Å². The topological polar surface area (TPSA) is 12.9 Å². The van der Waals surface area contributed by atoms with Crippen molar-refractivity contribution in [3.05, 3.63) is 28.5 Å². The molecule has 14 heavy (non-hydrogen) atoms. The van der Waals surface area contributed by atoms with Crippen molar-refractivity contribution in [3.63, 3.8) is 0 Å². The molecule has 1 aromatic heterocycles. The maximum absolute atomic E-state index is 12.8. The first-order valence-electron chi connectivity index (χ1n) is 4.41. The lowest BCUT2D eigenvalue weighted by molar-refractivity contribution is -0.121. The van der Waals surface area contributed by atoms with Gasteiger partial charge in [-0.1, -0.05) is 13.0 Å². The molecule has 0 unspecified atom stereocenters. The van der Waals surface area contributed by atoms with Crippen LogP contribution in [0.5, 0.6) is 0 Å². The summed E-state index contributed by atoms with van der Waals surface area (Å²) in [5.74, 6) is -2.48. The molecular weight excluding hydrogens is 252 g/mol. The Morgan fingerprint density at radius 1 is 1.36 bits per heavy atom. The maximum Gasteiger partial charge on any atom is 0.249 e. The first-order chi connectivity index (χ1) is 6.41. The second-order valence-electron chi connectivity index (χ2n) is 4.14. The van der Waals surface area contributed by atoms with Gasteiger partial charge in [0.1, 0.15) is 4.60 Å². The number of alkyl halides is 2. The average molecular weight is 262 g/mol. The van der Waals surface area contributed by atoms with E-state index in [1.54, 1.807) is 12.3 Å². The van der Waals surface area contributed by atoms with Gasteiger partial charge in [0.15, 0.2) is 0 Å². The zero-order chi connectivity index (χ0) is 10.4. The lowest BCUT2D eigenvalue weighted by Gasteiger charge is -2.45. The Labute approximate surface area is 89.7 Å². The van der Waals surface area contributed by atoms with Gasteiger partial charge in [-0.3, -0.25) is 0 Å². The molecule has 0 spiro atoms. The molecule has 0 atom stereocenters. The van der Waals surface area contributed by atoms with E-state index < -0.39 is 11.3 Å². The Kier molecular flexibility index (Phi) is 2.14. The lowest BCUT2D eigenvalue weighted by Crippen LogP contribution is -2.47. The van der Waals surface area contributed by atoms with Crippen LogP contribution in [0.15, 0.2) is 22.9 Å². The Morgan fingerprint density at radius 3 is 2.43 bits per heavy atom. The molecule has 0 aliphatic heterocycles. The van der Waals surface area contributed by atoms with Crippen LogP contribution < -0.4 is 0 Å². The van der Waals surface area contributed by atoms with Crippen LogP contribution in [0, 0.1) is 0 Å². The van der Waals surface area contributed by atoms with Crippen LogP contribution in [0.3, 0.4) is 0 Å². The van der Waals surface area contributed by atoms with E-state index in [0.717, 1.165) is 10.2 Å². The first-order valence-corrected chi connectivity index (χ1v) is 5.21. The molecule has 1 saturated carbocycles. The highest BCUT2D eigenvalue weighted by atomic mass is 79.9. The summed E-state index contributed by atoms with van der Waals surface area (Å²) < 4.78 is 26.3. The van der Waals surface area contributed by atoms with Crippen molar-refractivity contribution in [2.24, 2.45) is 0 Å². The van der Waals surface area contributed by atoms with Crippen LogP contribution in [0.4, 0.5) is 8.78 Å². The number of hydrogen-bond acceptors (Lipinski definition) is 1. The SMILES string of the molecule is CC1(c2ccc(Br)nc2)CC(F)(F)C1. The minimum absolute atomic E-state index is 0.0662. The van der Waals surface area contributed by atoms with Crippen molar-refractivity contribution in [2.75, 3.05) is 0 Å². The smallest absolute Gasteiger partial charge is 0.249 e. The Bertz CT molecular complexity index is 340. The molecule has 0 aromatic carbocycles. The van der Waals surface area contributed by atoms with Crippen LogP contribution in [0.1, 0.15) is 25.3 Å². The van der Waals surface area contributed by atoms with Crippen LogP contribution in [0.2, 0.25) is 0 Å². The zero-order valence-electron chi connectivity index (χ0n) is 7.73. The molecule has 1 aliphatic rings. The summed E-state index contributed by atoms with van der Waals surface area (Å²) in [4.78, 5) is 4.05. The zero-order valence-corrected chi connectivity index (χ0v) is 9.31. The highest BCUT2D eigenvalue weighted by molar-refractivity contribution is 9.10. The van der Waals surface area contributed by atoms with E-state index in [4.69, 9.17) is 0 Å². The fraction of sp³-hybridized carbons (Fsp3) is 0.500. The summed E-state index contributed by atoms with van der Waals surface area (Å²) in [7, 11) is 0. The molecule has 0 radical (unpaired) electrons. The predicted octanol–water partition coefficient (Wildman–Crippen LogP) is 3.53. The molecular formula is C10H10BrF2N. The summed E-state index contributed by atoms with van der Waals surface area (Å²) in [5.41, 5.74) is 0.503. The average Bonchev–Trinajstić information content (AvgIpc) is 2.01. The van der Waals surface area contributed by atoms with Crippen molar-refractivity contribution >= 4 is 15.9 Å². The fourth-order valence-electron chi connectivity index (χ4n) is 2.03. The van der Waals surface area contributed by atoms with E-state index in [1.807, 2.05) is 13.0 Å². The highest BCUT2D eigenvalue weighted by Gasteiger charge is 2.54. The number of aromatic nitrogens is 1. The third-order valence-corrected chi connectivity index (χ3v) is 3.19. The lowest BCUT2D eigenvalue weighted by atomic mass is 9.64. The van der Waals surface area contributed by atoms with Gasteiger partial charge < -0.3 is 0 Å². The van der Waals surface area contributed by atoms with Crippen LogP contribution in [-0.2, 0) is 5.41 Å². The molecule has 0 saturated heterocycles. The number of rotatable bonds is 1. The number of pyridine rings is 1. The minimum Gasteiger partial charge on any atom is -0.249 e. The quantitative estimate of drug-likeness (QED) is 0.705. The van der Waals surface area contributed by atoms with Gasteiger partial charge >= 0.3 is 0 Å². The standard InChI is InChI=1S/C10H10BrF2N/c1-9(5-10(12,13)6-9)7-2-3-8(11)14-4-7/h2-4H,5-6H2,1H3. The van der Waals surface area contributed by atoms with Crippen LogP contribution in [-0.4, -0.2) is 10.9 Å². The van der Waals surface area contributed by atoms with Gasteiger partial charge in [-0.05, 0) is 27.6 Å². The third-order valence-electron chi connectivity index (χ3n) is 2.72. The number of nitrogens with zero attached hydrogens (tertiary/aromatic N) is 1.